The lowest BCUT2D eigenvalue weighted by molar-refractivity contribution is -0.129. The van der Waals surface area contributed by atoms with E-state index in [-0.39, 0.29) is 34.0 Å². The molecule has 1 aliphatic rings. The molecule has 4 aromatic rings. The summed E-state index contributed by atoms with van der Waals surface area (Å²) < 4.78 is 27.5. The van der Waals surface area contributed by atoms with E-state index in [1.165, 1.54) is 23.7 Å². The number of rotatable bonds is 7. The van der Waals surface area contributed by atoms with Gasteiger partial charge in [0.1, 0.15) is 4.83 Å². The van der Waals surface area contributed by atoms with Crippen LogP contribution in [0.15, 0.2) is 49.2 Å². The van der Waals surface area contributed by atoms with Gasteiger partial charge in [0.05, 0.1) is 46.7 Å². The van der Waals surface area contributed by atoms with Crippen LogP contribution in [-0.4, -0.2) is 68.4 Å². The molecular weight excluding hydrogens is 476 g/mol. The van der Waals surface area contributed by atoms with Gasteiger partial charge in [-0.05, 0) is 30.7 Å². The molecule has 1 aliphatic heterocycles. The Morgan fingerprint density at radius 3 is 2.71 bits per heavy atom. The van der Waals surface area contributed by atoms with Crippen molar-refractivity contribution in [3.05, 3.63) is 66.0 Å². The third kappa shape index (κ3) is 4.88. The van der Waals surface area contributed by atoms with Crippen LogP contribution in [0.25, 0.3) is 15.3 Å². The maximum atomic E-state index is 13.0. The average molecular weight is 502 g/mol. The summed E-state index contributed by atoms with van der Waals surface area (Å²) >= 11 is 1.43. The third-order valence-electron chi connectivity index (χ3n) is 5.63. The summed E-state index contributed by atoms with van der Waals surface area (Å²) in [6.45, 7) is 1.71. The first-order valence-corrected chi connectivity index (χ1v) is 11.6. The van der Waals surface area contributed by atoms with Crippen LogP contribution < -0.4 is 10.6 Å². The van der Waals surface area contributed by atoms with E-state index in [2.05, 4.69) is 25.7 Å². The van der Waals surface area contributed by atoms with Gasteiger partial charge in [-0.25, -0.2) is 13.3 Å². The van der Waals surface area contributed by atoms with Crippen LogP contribution in [-0.2, 0) is 0 Å². The zero-order valence-electron chi connectivity index (χ0n) is 18.7. The Kier molecular flexibility index (Phi) is 5.99. The lowest BCUT2D eigenvalue weighted by Crippen LogP contribution is -2.57. The Hall–Kier alpha value is -3.77. The number of aryl methyl sites for hydroxylation is 1. The Balaban J connectivity index is 0.00000190. The molecule has 12 heteroatoms. The van der Waals surface area contributed by atoms with Gasteiger partial charge < -0.3 is 10.6 Å². The van der Waals surface area contributed by atoms with E-state index < -0.39 is 11.8 Å². The topological polar surface area (TPSA) is 105 Å². The molecule has 0 radical (unpaired) electrons. The second-order valence-electron chi connectivity index (χ2n) is 8.27. The Morgan fingerprint density at radius 2 is 1.97 bits per heavy atom. The summed E-state index contributed by atoms with van der Waals surface area (Å²) in [5.41, 5.74) is 2.58. The summed E-state index contributed by atoms with van der Waals surface area (Å²) in [6, 6.07) is 5.32. The summed E-state index contributed by atoms with van der Waals surface area (Å²) in [5.74, 6) is -3.40. The predicted octanol–water partition coefficient (Wildman–Crippen LogP) is 3.59. The number of carbonyl (C=O) groups is 2. The van der Waals surface area contributed by atoms with Gasteiger partial charge in [-0.1, -0.05) is 0 Å². The number of hydrogen-bond acceptors (Lipinski definition) is 7. The van der Waals surface area contributed by atoms with Crippen molar-refractivity contribution in [1.82, 2.24) is 29.8 Å². The molecule has 0 spiro atoms. The standard InChI is InChI=1S/C23H21F2N7O2S.2H2/c1-14-18(8-16(9-28-14)20(33)27-6-7-31-12-23(24,25)13-31)30-21(34)17-10-29-32-11-19(35-22(17)32)15-2-4-26-5-3-15;;/h2-5,8-11H,6-7,12-13H2,1H3,(H,27,33)(H,30,34);2*1H. The maximum Gasteiger partial charge on any atom is 0.272 e. The van der Waals surface area contributed by atoms with E-state index >= 15 is 0 Å². The number of fused-ring (bicyclic) bond motifs is 1. The molecule has 0 atom stereocenters. The number of nitrogens with zero attached hydrogens (tertiary/aromatic N) is 5. The number of halogens is 2. The van der Waals surface area contributed by atoms with Crippen molar-refractivity contribution in [3.8, 4) is 10.4 Å². The highest BCUT2D eigenvalue weighted by molar-refractivity contribution is 7.21. The zero-order valence-corrected chi connectivity index (χ0v) is 19.5. The monoisotopic (exact) mass is 501 g/mol. The largest absolute Gasteiger partial charge is 0.351 e. The van der Waals surface area contributed by atoms with Gasteiger partial charge in [-0.3, -0.25) is 24.5 Å². The number of alkyl halides is 2. The van der Waals surface area contributed by atoms with Crippen molar-refractivity contribution in [1.29, 1.82) is 0 Å². The molecule has 184 valence electrons. The van der Waals surface area contributed by atoms with Gasteiger partial charge in [-0.15, -0.1) is 11.3 Å². The fourth-order valence-electron chi connectivity index (χ4n) is 3.76. The van der Waals surface area contributed by atoms with Gasteiger partial charge >= 0.3 is 0 Å². The molecule has 0 unspecified atom stereocenters. The Labute approximate surface area is 205 Å². The fourth-order valence-corrected chi connectivity index (χ4v) is 4.82. The minimum atomic E-state index is -2.64. The minimum absolute atomic E-state index is 0. The van der Waals surface area contributed by atoms with E-state index in [0.29, 0.717) is 28.3 Å². The van der Waals surface area contributed by atoms with Gasteiger partial charge in [0.15, 0.2) is 0 Å². The van der Waals surface area contributed by atoms with Gasteiger partial charge in [-0.2, -0.15) is 5.10 Å². The van der Waals surface area contributed by atoms with Gasteiger partial charge in [0.2, 0.25) is 0 Å². The molecule has 5 heterocycles. The number of hydrogen-bond donors (Lipinski definition) is 2. The molecule has 35 heavy (non-hydrogen) atoms. The van der Waals surface area contributed by atoms with Gasteiger partial charge in [0, 0.05) is 40.7 Å². The van der Waals surface area contributed by atoms with Crippen LogP contribution in [0, 0.1) is 6.92 Å². The van der Waals surface area contributed by atoms with E-state index in [1.807, 2.05) is 18.3 Å². The van der Waals surface area contributed by atoms with Crippen LogP contribution in [0.3, 0.4) is 0 Å². The molecular formula is C23H25F2N7O2S. The highest BCUT2D eigenvalue weighted by atomic mass is 32.1. The summed E-state index contributed by atoms with van der Waals surface area (Å²) in [7, 11) is 0. The Bertz CT molecular complexity index is 1410. The van der Waals surface area contributed by atoms with E-state index in [1.54, 1.807) is 34.8 Å². The van der Waals surface area contributed by atoms with Crippen molar-refractivity contribution < 1.29 is 21.2 Å². The number of likely N-dealkylation sites (tertiary alicyclic amines) is 1. The van der Waals surface area contributed by atoms with Crippen LogP contribution >= 0.6 is 11.3 Å². The number of amides is 2. The first-order valence-electron chi connectivity index (χ1n) is 10.8. The molecule has 9 nitrogen and oxygen atoms in total. The molecule has 2 amide bonds. The second-order valence-corrected chi connectivity index (χ2v) is 9.30. The van der Waals surface area contributed by atoms with E-state index in [0.717, 1.165) is 10.4 Å². The van der Waals surface area contributed by atoms with Crippen LogP contribution in [0.4, 0.5) is 14.5 Å². The fraction of sp³-hybridized carbons (Fsp3) is 0.261. The van der Waals surface area contributed by atoms with Crippen molar-refractivity contribution in [2.24, 2.45) is 0 Å². The molecule has 0 saturated carbocycles. The molecule has 0 aromatic carbocycles. The number of thiazole rings is 1. The second kappa shape index (κ2) is 9.12. The number of aromatic nitrogens is 4. The molecule has 4 aromatic heterocycles. The average Bonchev–Trinajstić information content (AvgIpc) is 3.41. The van der Waals surface area contributed by atoms with Crippen molar-refractivity contribution >= 4 is 33.7 Å². The lowest BCUT2D eigenvalue weighted by atomic mass is 10.1. The van der Waals surface area contributed by atoms with E-state index in [9.17, 15) is 18.4 Å². The highest BCUT2D eigenvalue weighted by Gasteiger charge is 2.43. The smallest absolute Gasteiger partial charge is 0.272 e. The SMILES string of the molecule is Cc1ncc(C(=O)NCCN2CC(F)(F)C2)cc1NC(=O)c1cnn2cc(-c3ccncc3)sc12.[HH].[HH]. The normalized spacial score (nSPS) is 15.1. The minimum Gasteiger partial charge on any atom is -0.351 e. The number of anilines is 1. The highest BCUT2D eigenvalue weighted by Crippen LogP contribution is 2.30. The summed E-state index contributed by atoms with van der Waals surface area (Å²) in [6.07, 6.45) is 8.17. The quantitative estimate of drug-likeness (QED) is 0.401. The molecule has 0 aliphatic carbocycles. The molecule has 2 N–H and O–H groups in total. The van der Waals surface area contributed by atoms with Crippen molar-refractivity contribution in [2.45, 2.75) is 12.8 Å². The number of pyridine rings is 2. The van der Waals surface area contributed by atoms with Crippen LogP contribution in [0.5, 0.6) is 0 Å². The molecule has 1 fully saturated rings. The van der Waals surface area contributed by atoms with Crippen molar-refractivity contribution in [2.75, 3.05) is 31.5 Å². The molecule has 0 bridgehead atoms. The first-order chi connectivity index (χ1) is 16.8. The first kappa shape index (κ1) is 23.0. The maximum absolute atomic E-state index is 13.0. The number of nitrogens with one attached hydrogen (secondary N) is 2. The predicted molar refractivity (Wildman–Crippen MR) is 131 cm³/mol. The van der Waals surface area contributed by atoms with E-state index in [4.69, 9.17) is 0 Å². The van der Waals surface area contributed by atoms with Crippen LogP contribution in [0.1, 0.15) is 29.3 Å². The summed E-state index contributed by atoms with van der Waals surface area (Å²) in [5, 5.41) is 9.81. The Morgan fingerprint density at radius 1 is 1.20 bits per heavy atom. The molecule has 5 rings (SSSR count). The summed E-state index contributed by atoms with van der Waals surface area (Å²) in [4.78, 5) is 37.0. The third-order valence-corrected chi connectivity index (χ3v) is 6.79. The number of carbonyl (C=O) groups excluding carboxylic acids is 2. The van der Waals surface area contributed by atoms with Crippen molar-refractivity contribution in [3.63, 3.8) is 0 Å². The zero-order chi connectivity index (χ0) is 24.6. The molecule has 1 saturated heterocycles. The van der Waals surface area contributed by atoms with Crippen LogP contribution in [0.2, 0.25) is 0 Å². The van der Waals surface area contributed by atoms with Gasteiger partial charge in [0.25, 0.3) is 17.7 Å². The lowest BCUT2D eigenvalue weighted by Gasteiger charge is -2.38.